The van der Waals surface area contributed by atoms with E-state index in [4.69, 9.17) is 14.8 Å². The fourth-order valence-electron chi connectivity index (χ4n) is 3.23. The molecular weight excluding hydrogens is 314 g/mol. The summed E-state index contributed by atoms with van der Waals surface area (Å²) >= 11 is 0. The fraction of sp³-hybridized carbons (Fsp3) is 0.250. The Morgan fingerprint density at radius 1 is 1.24 bits per heavy atom. The Balaban J connectivity index is 1.50. The monoisotopic (exact) mass is 335 g/mol. The molecule has 0 amide bonds. The van der Waals surface area contributed by atoms with Crippen molar-refractivity contribution in [2.24, 2.45) is 12.0 Å². The highest BCUT2D eigenvalue weighted by Gasteiger charge is 2.28. The molecule has 0 bridgehead atoms. The minimum Gasteiger partial charge on any atom is -0.491 e. The molecule has 0 saturated carbocycles. The summed E-state index contributed by atoms with van der Waals surface area (Å²) in [6.07, 6.45) is 10.6. The highest BCUT2D eigenvalue weighted by Crippen LogP contribution is 2.32. The van der Waals surface area contributed by atoms with Gasteiger partial charge >= 0.3 is 0 Å². The van der Waals surface area contributed by atoms with Gasteiger partial charge in [0.15, 0.2) is 0 Å². The van der Waals surface area contributed by atoms with Gasteiger partial charge < -0.3 is 19.3 Å². The Morgan fingerprint density at radius 2 is 2.08 bits per heavy atom. The van der Waals surface area contributed by atoms with Crippen molar-refractivity contribution in [1.29, 1.82) is 0 Å². The predicted octanol–water partition coefficient (Wildman–Crippen LogP) is 2.76. The van der Waals surface area contributed by atoms with Crippen LogP contribution in [0.3, 0.4) is 0 Å². The number of aryl methyl sites for hydroxylation is 1. The van der Waals surface area contributed by atoms with E-state index in [1.54, 1.807) is 0 Å². The first-order valence-corrected chi connectivity index (χ1v) is 8.43. The maximum absolute atomic E-state index is 8.83. The summed E-state index contributed by atoms with van der Waals surface area (Å²) in [5.41, 5.74) is 3.59. The maximum atomic E-state index is 8.83. The number of hydrogen-bond donors (Lipinski definition) is 1. The van der Waals surface area contributed by atoms with Crippen LogP contribution in [0.4, 0.5) is 0 Å². The molecule has 2 aromatic rings. The SMILES string of the molecule is Cn1ccc(C2=CC3=NCC(c4ccc(OCCO)cc4)N3C=C2)c1. The van der Waals surface area contributed by atoms with E-state index in [-0.39, 0.29) is 12.6 Å². The van der Waals surface area contributed by atoms with E-state index in [0.29, 0.717) is 6.61 Å². The molecule has 0 saturated heterocycles. The highest BCUT2D eigenvalue weighted by atomic mass is 16.5. The van der Waals surface area contributed by atoms with Crippen molar-refractivity contribution in [2.75, 3.05) is 19.8 Å². The predicted molar refractivity (Wildman–Crippen MR) is 98.4 cm³/mol. The lowest BCUT2D eigenvalue weighted by molar-refractivity contribution is 0.201. The van der Waals surface area contributed by atoms with Crippen LogP contribution in [-0.2, 0) is 7.05 Å². The molecule has 2 aliphatic heterocycles. The molecule has 1 aromatic carbocycles. The average Bonchev–Trinajstić information content (AvgIpc) is 3.26. The molecule has 1 aromatic heterocycles. The van der Waals surface area contributed by atoms with Gasteiger partial charge in [-0.2, -0.15) is 0 Å². The molecule has 5 nitrogen and oxygen atoms in total. The number of benzene rings is 1. The van der Waals surface area contributed by atoms with E-state index in [0.717, 1.165) is 18.1 Å². The number of allylic oxidation sites excluding steroid dienone is 2. The standard InChI is InChI=1S/C20H21N3O2/c1-22-8-6-17(14-22)16-7-9-23-19(13-21-20(23)12-16)15-2-4-18(5-3-15)25-11-10-24/h2-9,12,14,19,24H,10-11,13H2,1H3. The number of amidine groups is 1. The molecule has 0 fully saturated rings. The Kier molecular flexibility index (Phi) is 4.15. The van der Waals surface area contributed by atoms with Crippen molar-refractivity contribution in [2.45, 2.75) is 6.04 Å². The summed E-state index contributed by atoms with van der Waals surface area (Å²) in [5, 5.41) is 8.83. The molecule has 1 N–H and O–H groups in total. The Labute approximate surface area is 147 Å². The summed E-state index contributed by atoms with van der Waals surface area (Å²) in [4.78, 5) is 6.93. The lowest BCUT2D eigenvalue weighted by atomic mass is 10.0. The van der Waals surface area contributed by atoms with E-state index in [9.17, 15) is 0 Å². The average molecular weight is 335 g/mol. The quantitative estimate of drug-likeness (QED) is 0.914. The van der Waals surface area contributed by atoms with Crippen molar-refractivity contribution >= 4 is 11.4 Å². The number of rotatable bonds is 5. The van der Waals surface area contributed by atoms with Gasteiger partial charge in [-0.1, -0.05) is 12.1 Å². The molecule has 128 valence electrons. The fourth-order valence-corrected chi connectivity index (χ4v) is 3.23. The molecular formula is C20H21N3O2. The van der Waals surface area contributed by atoms with Crippen molar-refractivity contribution in [3.8, 4) is 5.75 Å². The van der Waals surface area contributed by atoms with Crippen LogP contribution in [0.5, 0.6) is 5.75 Å². The third-order valence-corrected chi connectivity index (χ3v) is 4.52. The number of aliphatic hydroxyl groups excluding tert-OH is 1. The van der Waals surface area contributed by atoms with Crippen LogP contribution in [0.15, 0.2) is 66.1 Å². The van der Waals surface area contributed by atoms with E-state index in [2.05, 4.69) is 58.4 Å². The first-order valence-electron chi connectivity index (χ1n) is 8.43. The van der Waals surface area contributed by atoms with Gasteiger partial charge in [0.05, 0.1) is 19.2 Å². The maximum Gasteiger partial charge on any atom is 0.128 e. The van der Waals surface area contributed by atoms with Crippen LogP contribution in [-0.4, -0.2) is 40.2 Å². The minimum atomic E-state index is 0.0240. The smallest absolute Gasteiger partial charge is 0.128 e. The van der Waals surface area contributed by atoms with Crippen molar-refractivity contribution in [3.05, 3.63) is 72.2 Å². The second-order valence-electron chi connectivity index (χ2n) is 6.24. The van der Waals surface area contributed by atoms with Gasteiger partial charge in [-0.3, -0.25) is 4.99 Å². The molecule has 4 rings (SSSR count). The van der Waals surface area contributed by atoms with Crippen LogP contribution < -0.4 is 4.74 Å². The number of fused-ring (bicyclic) bond motifs is 1. The van der Waals surface area contributed by atoms with Crippen molar-refractivity contribution in [3.63, 3.8) is 0 Å². The van der Waals surface area contributed by atoms with E-state index < -0.39 is 0 Å². The largest absolute Gasteiger partial charge is 0.491 e. The van der Waals surface area contributed by atoms with Crippen molar-refractivity contribution in [1.82, 2.24) is 9.47 Å². The topological polar surface area (TPSA) is 50.0 Å². The van der Waals surface area contributed by atoms with Gasteiger partial charge in [-0.15, -0.1) is 0 Å². The molecule has 1 unspecified atom stereocenters. The molecule has 1 atom stereocenters. The van der Waals surface area contributed by atoms with Gasteiger partial charge in [-0.25, -0.2) is 0 Å². The number of hydrogen-bond acceptors (Lipinski definition) is 4. The lowest BCUT2D eigenvalue weighted by Gasteiger charge is -2.26. The number of aliphatic hydroxyl groups is 1. The number of aliphatic imine (C=N–C) groups is 1. The number of aromatic nitrogens is 1. The van der Waals surface area contributed by atoms with Gasteiger partial charge in [0.1, 0.15) is 18.2 Å². The van der Waals surface area contributed by atoms with Gasteiger partial charge in [0.2, 0.25) is 0 Å². The van der Waals surface area contributed by atoms with E-state index in [1.165, 1.54) is 16.7 Å². The summed E-state index contributed by atoms with van der Waals surface area (Å²) < 4.78 is 7.48. The summed E-state index contributed by atoms with van der Waals surface area (Å²) in [5.74, 6) is 1.78. The van der Waals surface area contributed by atoms with Gasteiger partial charge in [0.25, 0.3) is 0 Å². The summed E-state index contributed by atoms with van der Waals surface area (Å²) in [6.45, 7) is 1.09. The van der Waals surface area contributed by atoms with Crippen LogP contribution in [0.1, 0.15) is 17.2 Å². The minimum absolute atomic E-state index is 0.0240. The second kappa shape index (κ2) is 6.61. The number of ether oxygens (including phenoxy) is 1. The summed E-state index contributed by atoms with van der Waals surface area (Å²) in [6, 6.07) is 10.4. The lowest BCUT2D eigenvalue weighted by Crippen LogP contribution is -2.26. The first kappa shape index (κ1) is 15.7. The molecule has 5 heteroatoms. The van der Waals surface area contributed by atoms with E-state index >= 15 is 0 Å². The molecule has 0 radical (unpaired) electrons. The molecule has 2 aliphatic rings. The van der Waals surface area contributed by atoms with Crippen LogP contribution in [0.2, 0.25) is 0 Å². The van der Waals surface area contributed by atoms with Crippen molar-refractivity contribution < 1.29 is 9.84 Å². The first-order chi connectivity index (χ1) is 12.2. The highest BCUT2D eigenvalue weighted by molar-refractivity contribution is 6.04. The second-order valence-corrected chi connectivity index (χ2v) is 6.24. The Bertz CT molecular complexity index is 846. The molecule has 3 heterocycles. The van der Waals surface area contributed by atoms with Crippen LogP contribution >= 0.6 is 0 Å². The zero-order chi connectivity index (χ0) is 17.2. The van der Waals surface area contributed by atoms with Gasteiger partial charge in [0, 0.05) is 25.6 Å². The molecule has 25 heavy (non-hydrogen) atoms. The Morgan fingerprint density at radius 3 is 2.80 bits per heavy atom. The van der Waals surface area contributed by atoms with E-state index in [1.807, 2.05) is 19.2 Å². The third kappa shape index (κ3) is 3.10. The van der Waals surface area contributed by atoms with Gasteiger partial charge in [-0.05, 0) is 47.1 Å². The summed E-state index contributed by atoms with van der Waals surface area (Å²) in [7, 11) is 2.03. The molecule has 0 spiro atoms. The van der Waals surface area contributed by atoms with Crippen LogP contribution in [0.25, 0.3) is 5.57 Å². The normalized spacial score (nSPS) is 18.8. The van der Waals surface area contributed by atoms with Crippen LogP contribution in [0, 0.1) is 0 Å². The number of nitrogens with zero attached hydrogens (tertiary/aromatic N) is 3. The zero-order valence-electron chi connectivity index (χ0n) is 14.2. The third-order valence-electron chi connectivity index (χ3n) is 4.52. The molecule has 0 aliphatic carbocycles. The Hall–Kier alpha value is -2.79. The zero-order valence-corrected chi connectivity index (χ0v) is 14.2.